The smallest absolute Gasteiger partial charge is 0.303 e. The van der Waals surface area contributed by atoms with E-state index in [1.165, 1.54) is 0 Å². The average Bonchev–Trinajstić information content (AvgIpc) is 3.31. The number of aromatic nitrogens is 1. The normalized spacial score (nSPS) is 15.1. The molecule has 0 spiro atoms. The summed E-state index contributed by atoms with van der Waals surface area (Å²) in [4.78, 5) is 15.7. The molecule has 0 saturated heterocycles. The van der Waals surface area contributed by atoms with Gasteiger partial charge in [-0.2, -0.15) is 0 Å². The Morgan fingerprint density at radius 1 is 1.23 bits per heavy atom. The number of ether oxygens (including phenoxy) is 2. The number of hydrogen-bond acceptors (Lipinski definition) is 5. The standard InChI is InChI=1S/C24H25NO5/c1-15-20(25-24(30-15)16-6-4-3-5-7-16)12-13-29-21-11-10-18-17(14-22(26)27)8-9-19(18)23(21)28-2/h3-7,10-11,17H,8-9,12-14H2,1-2H3,(H,26,27). The molecule has 0 fully saturated rings. The van der Waals surface area contributed by atoms with Crippen molar-refractivity contribution >= 4 is 5.97 Å². The number of oxazole rings is 1. The van der Waals surface area contributed by atoms with Crippen molar-refractivity contribution in [2.45, 2.75) is 38.5 Å². The molecule has 30 heavy (non-hydrogen) atoms. The number of carboxylic acids is 1. The first kappa shape index (κ1) is 20.0. The van der Waals surface area contributed by atoms with E-state index in [2.05, 4.69) is 4.98 Å². The van der Waals surface area contributed by atoms with Crippen LogP contribution < -0.4 is 9.47 Å². The van der Waals surface area contributed by atoms with E-state index in [0.29, 0.717) is 30.4 Å². The molecule has 0 aliphatic heterocycles. The number of carbonyl (C=O) groups is 1. The van der Waals surface area contributed by atoms with Gasteiger partial charge >= 0.3 is 5.97 Å². The number of fused-ring (bicyclic) bond motifs is 1. The highest BCUT2D eigenvalue weighted by Crippen LogP contribution is 2.44. The zero-order chi connectivity index (χ0) is 21.1. The second-order valence-electron chi connectivity index (χ2n) is 7.48. The fraction of sp³-hybridized carbons (Fsp3) is 0.333. The van der Waals surface area contributed by atoms with E-state index in [4.69, 9.17) is 19.0 Å². The number of aryl methyl sites for hydroxylation is 1. The van der Waals surface area contributed by atoms with Crippen LogP contribution in [-0.4, -0.2) is 29.8 Å². The monoisotopic (exact) mass is 407 g/mol. The Kier molecular flexibility index (Phi) is 5.74. The highest BCUT2D eigenvalue weighted by atomic mass is 16.5. The van der Waals surface area contributed by atoms with E-state index < -0.39 is 5.97 Å². The van der Waals surface area contributed by atoms with Gasteiger partial charge in [-0.1, -0.05) is 24.3 Å². The van der Waals surface area contributed by atoms with Crippen molar-refractivity contribution in [3.05, 3.63) is 65.0 Å². The van der Waals surface area contributed by atoms with Gasteiger partial charge in [-0.05, 0) is 49.4 Å². The minimum atomic E-state index is -0.773. The van der Waals surface area contributed by atoms with Gasteiger partial charge in [0.25, 0.3) is 0 Å². The summed E-state index contributed by atoms with van der Waals surface area (Å²) in [5.74, 6) is 2.05. The maximum Gasteiger partial charge on any atom is 0.303 e. The van der Waals surface area contributed by atoms with Gasteiger partial charge in [0.15, 0.2) is 11.5 Å². The van der Waals surface area contributed by atoms with Crippen molar-refractivity contribution in [3.63, 3.8) is 0 Å². The van der Waals surface area contributed by atoms with Crippen LogP contribution in [0, 0.1) is 6.92 Å². The molecule has 4 rings (SSSR count). The van der Waals surface area contributed by atoms with Crippen LogP contribution in [-0.2, 0) is 17.6 Å². The molecule has 1 heterocycles. The predicted molar refractivity (Wildman–Crippen MR) is 112 cm³/mol. The van der Waals surface area contributed by atoms with Gasteiger partial charge in [-0.25, -0.2) is 4.98 Å². The summed E-state index contributed by atoms with van der Waals surface area (Å²) in [5, 5.41) is 9.13. The fourth-order valence-electron chi connectivity index (χ4n) is 4.12. The van der Waals surface area contributed by atoms with Crippen molar-refractivity contribution < 1.29 is 23.8 Å². The molecule has 1 aromatic heterocycles. The lowest BCUT2D eigenvalue weighted by atomic mass is 9.97. The average molecular weight is 407 g/mol. The number of aliphatic carboxylic acids is 1. The van der Waals surface area contributed by atoms with E-state index in [1.54, 1.807) is 7.11 Å². The summed E-state index contributed by atoms with van der Waals surface area (Å²) in [6.07, 6.45) is 2.38. The second-order valence-corrected chi connectivity index (χ2v) is 7.48. The zero-order valence-electron chi connectivity index (χ0n) is 17.2. The van der Waals surface area contributed by atoms with Gasteiger partial charge in [-0.3, -0.25) is 4.79 Å². The van der Waals surface area contributed by atoms with Crippen molar-refractivity contribution in [1.82, 2.24) is 4.98 Å². The fourth-order valence-corrected chi connectivity index (χ4v) is 4.12. The van der Waals surface area contributed by atoms with E-state index in [9.17, 15) is 4.79 Å². The lowest BCUT2D eigenvalue weighted by Gasteiger charge is -2.15. The van der Waals surface area contributed by atoms with Crippen LogP contribution in [0.4, 0.5) is 0 Å². The third-order valence-corrected chi connectivity index (χ3v) is 5.58. The molecule has 0 amide bonds. The summed E-state index contributed by atoms with van der Waals surface area (Å²) in [5.41, 5.74) is 3.94. The van der Waals surface area contributed by atoms with Crippen LogP contribution in [0.15, 0.2) is 46.9 Å². The first-order valence-corrected chi connectivity index (χ1v) is 10.1. The molecule has 1 aliphatic rings. The maximum absolute atomic E-state index is 11.1. The Morgan fingerprint density at radius 3 is 2.77 bits per heavy atom. The Balaban J connectivity index is 1.45. The van der Waals surface area contributed by atoms with Crippen molar-refractivity contribution in [2.24, 2.45) is 0 Å². The lowest BCUT2D eigenvalue weighted by Crippen LogP contribution is -2.06. The third-order valence-electron chi connectivity index (χ3n) is 5.58. The number of benzene rings is 2. The SMILES string of the molecule is COc1c(OCCc2nc(-c3ccccc3)oc2C)ccc2c1CCC2CC(=O)O. The summed E-state index contributed by atoms with van der Waals surface area (Å²) in [6, 6.07) is 13.7. The minimum Gasteiger partial charge on any atom is -0.493 e. The van der Waals surface area contributed by atoms with Gasteiger partial charge in [0, 0.05) is 17.5 Å². The minimum absolute atomic E-state index is 0.0367. The zero-order valence-corrected chi connectivity index (χ0v) is 17.2. The molecule has 1 N–H and O–H groups in total. The predicted octanol–water partition coefficient (Wildman–Crippen LogP) is 4.78. The molecule has 1 aliphatic carbocycles. The van der Waals surface area contributed by atoms with Gasteiger partial charge < -0.3 is 19.0 Å². The molecule has 1 atom stereocenters. The molecular weight excluding hydrogens is 382 g/mol. The van der Waals surface area contributed by atoms with Crippen molar-refractivity contribution in [1.29, 1.82) is 0 Å². The Bertz CT molecular complexity index is 1040. The molecule has 6 nitrogen and oxygen atoms in total. The molecule has 2 aromatic carbocycles. The van der Waals surface area contributed by atoms with Crippen LogP contribution in [0.5, 0.6) is 11.5 Å². The first-order valence-electron chi connectivity index (χ1n) is 10.1. The highest BCUT2D eigenvalue weighted by Gasteiger charge is 2.29. The lowest BCUT2D eigenvalue weighted by molar-refractivity contribution is -0.137. The number of nitrogens with zero attached hydrogens (tertiary/aromatic N) is 1. The molecule has 0 bridgehead atoms. The quantitative estimate of drug-likeness (QED) is 0.578. The van der Waals surface area contributed by atoms with Crippen LogP contribution >= 0.6 is 0 Å². The molecule has 156 valence electrons. The van der Waals surface area contributed by atoms with E-state index in [1.807, 2.05) is 49.4 Å². The van der Waals surface area contributed by atoms with Crippen LogP contribution in [0.25, 0.3) is 11.5 Å². The summed E-state index contributed by atoms with van der Waals surface area (Å²) >= 11 is 0. The summed E-state index contributed by atoms with van der Waals surface area (Å²) in [7, 11) is 1.63. The number of methoxy groups -OCH3 is 1. The molecule has 3 aromatic rings. The maximum atomic E-state index is 11.1. The topological polar surface area (TPSA) is 81.8 Å². The Hall–Kier alpha value is -3.28. The van der Waals surface area contributed by atoms with E-state index >= 15 is 0 Å². The van der Waals surface area contributed by atoms with E-state index in [-0.39, 0.29) is 12.3 Å². The van der Waals surface area contributed by atoms with Crippen LogP contribution in [0.2, 0.25) is 0 Å². The Labute approximate surface area is 175 Å². The van der Waals surface area contributed by atoms with Crippen molar-refractivity contribution in [3.8, 4) is 23.0 Å². The molecule has 0 saturated carbocycles. The van der Waals surface area contributed by atoms with Gasteiger partial charge in [0.1, 0.15) is 5.76 Å². The number of carboxylic acid groups (broad SMARTS) is 1. The second kappa shape index (κ2) is 8.61. The molecular formula is C24H25NO5. The molecule has 0 radical (unpaired) electrons. The first-order chi connectivity index (χ1) is 14.6. The Morgan fingerprint density at radius 2 is 2.03 bits per heavy atom. The molecule has 6 heteroatoms. The van der Waals surface area contributed by atoms with Gasteiger partial charge in [0.05, 0.1) is 25.8 Å². The van der Waals surface area contributed by atoms with Gasteiger partial charge in [-0.15, -0.1) is 0 Å². The van der Waals surface area contributed by atoms with Crippen molar-refractivity contribution in [2.75, 3.05) is 13.7 Å². The van der Waals surface area contributed by atoms with Gasteiger partial charge in [0.2, 0.25) is 5.89 Å². The third kappa shape index (κ3) is 4.03. The number of rotatable bonds is 8. The summed E-state index contributed by atoms with van der Waals surface area (Å²) in [6.45, 7) is 2.35. The largest absolute Gasteiger partial charge is 0.493 e. The van der Waals surface area contributed by atoms with E-state index in [0.717, 1.165) is 41.0 Å². The summed E-state index contributed by atoms with van der Waals surface area (Å²) < 4.78 is 17.5. The molecule has 1 unspecified atom stereocenters. The number of hydrogen-bond donors (Lipinski definition) is 1. The van der Waals surface area contributed by atoms with Crippen LogP contribution in [0.3, 0.4) is 0 Å². The highest BCUT2D eigenvalue weighted by molar-refractivity contribution is 5.69. The van der Waals surface area contributed by atoms with Crippen LogP contribution in [0.1, 0.15) is 41.3 Å².